The van der Waals surface area contributed by atoms with E-state index in [0.717, 1.165) is 12.1 Å². The van der Waals surface area contributed by atoms with E-state index in [1.165, 1.54) is 4.90 Å². The van der Waals surface area contributed by atoms with Crippen LogP contribution < -0.4 is 10.2 Å². The highest BCUT2D eigenvalue weighted by molar-refractivity contribution is 6.01. The summed E-state index contributed by atoms with van der Waals surface area (Å²) in [7, 11) is 0. The van der Waals surface area contributed by atoms with Gasteiger partial charge in [0.2, 0.25) is 17.7 Å². The molecule has 1 unspecified atom stereocenters. The van der Waals surface area contributed by atoms with Crippen LogP contribution in [0.4, 0.5) is 14.5 Å². The topological polar surface area (TPSA) is 66.5 Å². The van der Waals surface area contributed by atoms with Crippen molar-refractivity contribution in [1.29, 1.82) is 0 Å². The van der Waals surface area contributed by atoms with E-state index < -0.39 is 29.4 Å². The first-order valence-electron chi connectivity index (χ1n) is 7.10. The Morgan fingerprint density at radius 1 is 1.09 bits per heavy atom. The molecule has 5 nitrogen and oxygen atoms in total. The molecule has 2 aliphatic heterocycles. The second-order valence-corrected chi connectivity index (χ2v) is 5.48. The maximum Gasteiger partial charge on any atom is 0.234 e. The predicted octanol–water partition coefficient (Wildman–Crippen LogP) is 1.61. The molecular weight excluding hydrogens is 294 g/mol. The molecule has 2 aliphatic rings. The fourth-order valence-electron chi connectivity index (χ4n) is 2.95. The summed E-state index contributed by atoms with van der Waals surface area (Å²) in [6, 6.07) is 2.15. The zero-order chi connectivity index (χ0) is 15.9. The summed E-state index contributed by atoms with van der Waals surface area (Å²) in [6.45, 7) is 0.426. The van der Waals surface area contributed by atoms with E-state index in [1.54, 1.807) is 0 Å². The van der Waals surface area contributed by atoms with Gasteiger partial charge in [-0.25, -0.2) is 8.78 Å². The Balaban J connectivity index is 1.95. The third-order valence-corrected chi connectivity index (χ3v) is 4.04. The lowest BCUT2D eigenvalue weighted by Crippen LogP contribution is -2.40. The van der Waals surface area contributed by atoms with Crippen LogP contribution in [0.2, 0.25) is 0 Å². The van der Waals surface area contributed by atoms with Crippen LogP contribution in [-0.2, 0) is 14.4 Å². The van der Waals surface area contributed by atoms with Gasteiger partial charge in [-0.3, -0.25) is 19.7 Å². The van der Waals surface area contributed by atoms with E-state index in [4.69, 9.17) is 0 Å². The summed E-state index contributed by atoms with van der Waals surface area (Å²) in [6.07, 6.45) is 1.12. The number of piperidine rings is 1. The monoisotopic (exact) mass is 308 g/mol. The lowest BCUT2D eigenvalue weighted by molar-refractivity contribution is -0.134. The molecule has 0 radical (unpaired) electrons. The van der Waals surface area contributed by atoms with Crippen LogP contribution in [-0.4, -0.2) is 24.3 Å². The lowest BCUT2D eigenvalue weighted by Gasteiger charge is -2.23. The van der Waals surface area contributed by atoms with Crippen LogP contribution in [0.1, 0.15) is 37.2 Å². The molecule has 0 aromatic heterocycles. The number of carbonyl (C=O) groups is 3. The molecule has 22 heavy (non-hydrogen) atoms. The lowest BCUT2D eigenvalue weighted by atomic mass is 9.89. The van der Waals surface area contributed by atoms with Crippen molar-refractivity contribution in [2.24, 2.45) is 0 Å². The molecule has 0 spiro atoms. The van der Waals surface area contributed by atoms with Gasteiger partial charge < -0.3 is 4.90 Å². The van der Waals surface area contributed by atoms with Gasteiger partial charge in [-0.15, -0.1) is 0 Å². The Kier molecular flexibility index (Phi) is 3.64. The van der Waals surface area contributed by atoms with Crippen LogP contribution in [0.5, 0.6) is 0 Å². The molecule has 3 amide bonds. The molecule has 2 saturated heterocycles. The summed E-state index contributed by atoms with van der Waals surface area (Å²) in [5, 5.41) is 2.08. The molecule has 1 aromatic rings. The first-order chi connectivity index (χ1) is 10.5. The normalized spacial score (nSPS) is 22.2. The molecule has 0 aliphatic carbocycles. The maximum atomic E-state index is 14.3. The number of hydrogen-bond donors (Lipinski definition) is 1. The van der Waals surface area contributed by atoms with E-state index in [1.807, 2.05) is 0 Å². The van der Waals surface area contributed by atoms with Crippen LogP contribution in [0, 0.1) is 11.6 Å². The Bertz CT molecular complexity index is 652. The average molecular weight is 308 g/mol. The number of imide groups is 1. The highest BCUT2D eigenvalue weighted by Crippen LogP contribution is 2.33. The number of nitrogens with zero attached hydrogens (tertiary/aromatic N) is 1. The van der Waals surface area contributed by atoms with Crippen LogP contribution in [0.15, 0.2) is 12.1 Å². The zero-order valence-electron chi connectivity index (χ0n) is 11.7. The molecule has 1 N–H and O–H groups in total. The molecule has 116 valence electrons. The summed E-state index contributed by atoms with van der Waals surface area (Å²) in [4.78, 5) is 35.9. The van der Waals surface area contributed by atoms with Crippen LogP contribution >= 0.6 is 0 Å². The molecular formula is C15H14F2N2O3. The third kappa shape index (κ3) is 2.47. The predicted molar refractivity (Wildman–Crippen MR) is 73.1 cm³/mol. The van der Waals surface area contributed by atoms with E-state index in [-0.39, 0.29) is 30.0 Å². The summed E-state index contributed by atoms with van der Waals surface area (Å²) >= 11 is 0. The summed E-state index contributed by atoms with van der Waals surface area (Å²) < 4.78 is 28.6. The van der Waals surface area contributed by atoms with Crippen molar-refractivity contribution in [2.75, 3.05) is 11.4 Å². The van der Waals surface area contributed by atoms with Crippen molar-refractivity contribution in [2.45, 2.75) is 31.6 Å². The first-order valence-corrected chi connectivity index (χ1v) is 7.10. The van der Waals surface area contributed by atoms with E-state index >= 15 is 0 Å². The van der Waals surface area contributed by atoms with Gasteiger partial charge in [0.05, 0.1) is 5.92 Å². The third-order valence-electron chi connectivity index (χ3n) is 4.04. The Morgan fingerprint density at radius 3 is 2.32 bits per heavy atom. The number of rotatable bonds is 2. The van der Waals surface area contributed by atoms with Gasteiger partial charge >= 0.3 is 0 Å². The van der Waals surface area contributed by atoms with E-state index in [0.29, 0.717) is 19.4 Å². The van der Waals surface area contributed by atoms with Gasteiger partial charge in [0.15, 0.2) is 0 Å². The molecule has 1 aromatic carbocycles. The van der Waals surface area contributed by atoms with E-state index in [9.17, 15) is 23.2 Å². The SMILES string of the molecule is O=C1CCC(c2c(F)cc(N3CCCC3=O)cc2F)C(=O)N1. The maximum absolute atomic E-state index is 14.3. The fraction of sp³-hybridized carbons (Fsp3) is 0.400. The first kappa shape index (κ1) is 14.6. The highest BCUT2D eigenvalue weighted by atomic mass is 19.1. The minimum atomic E-state index is -1.03. The number of carbonyl (C=O) groups excluding carboxylic acids is 3. The van der Waals surface area contributed by atoms with E-state index in [2.05, 4.69) is 5.32 Å². The second-order valence-electron chi connectivity index (χ2n) is 5.48. The molecule has 1 atom stereocenters. The van der Waals surface area contributed by atoms with Gasteiger partial charge in [0.1, 0.15) is 11.6 Å². The molecule has 0 saturated carbocycles. The minimum Gasteiger partial charge on any atom is -0.312 e. The van der Waals surface area contributed by atoms with Gasteiger partial charge in [-0.05, 0) is 25.0 Å². The number of halogens is 2. The van der Waals surface area contributed by atoms with Crippen LogP contribution in [0.25, 0.3) is 0 Å². The van der Waals surface area contributed by atoms with Crippen LogP contribution in [0.3, 0.4) is 0 Å². The Labute approximate surface area is 125 Å². The zero-order valence-corrected chi connectivity index (χ0v) is 11.7. The smallest absolute Gasteiger partial charge is 0.234 e. The number of benzene rings is 1. The minimum absolute atomic E-state index is 0.0433. The van der Waals surface area contributed by atoms with Gasteiger partial charge in [-0.2, -0.15) is 0 Å². The fourth-order valence-corrected chi connectivity index (χ4v) is 2.95. The Hall–Kier alpha value is -2.31. The molecule has 2 heterocycles. The number of hydrogen-bond acceptors (Lipinski definition) is 3. The van der Waals surface area contributed by atoms with Crippen molar-refractivity contribution < 1.29 is 23.2 Å². The molecule has 3 rings (SSSR count). The standard InChI is InChI=1S/C15H14F2N2O3/c16-10-6-8(19-5-1-2-13(19)21)7-11(17)14(10)9-3-4-12(20)18-15(9)22/h6-7,9H,1-5H2,(H,18,20,22). The number of anilines is 1. The quantitative estimate of drug-likeness (QED) is 0.844. The molecule has 2 fully saturated rings. The van der Waals surface area contributed by atoms with Crippen molar-refractivity contribution in [3.8, 4) is 0 Å². The van der Waals surface area contributed by atoms with Crippen molar-refractivity contribution in [3.63, 3.8) is 0 Å². The summed E-state index contributed by atoms with van der Waals surface area (Å²) in [5.74, 6) is -4.08. The highest BCUT2D eigenvalue weighted by Gasteiger charge is 2.33. The average Bonchev–Trinajstić information content (AvgIpc) is 2.86. The van der Waals surface area contributed by atoms with Crippen molar-refractivity contribution in [3.05, 3.63) is 29.3 Å². The Morgan fingerprint density at radius 2 is 1.77 bits per heavy atom. The van der Waals surface area contributed by atoms with Gasteiger partial charge in [0.25, 0.3) is 0 Å². The van der Waals surface area contributed by atoms with Crippen molar-refractivity contribution in [1.82, 2.24) is 5.32 Å². The number of amides is 3. The molecule has 7 heteroatoms. The second kappa shape index (κ2) is 5.47. The summed E-state index contributed by atoms with van der Waals surface area (Å²) in [5.41, 5.74) is -0.186. The largest absolute Gasteiger partial charge is 0.312 e. The van der Waals surface area contributed by atoms with Gasteiger partial charge in [-0.1, -0.05) is 0 Å². The van der Waals surface area contributed by atoms with Gasteiger partial charge in [0, 0.05) is 30.6 Å². The molecule has 0 bridgehead atoms. The van der Waals surface area contributed by atoms with Crippen molar-refractivity contribution >= 4 is 23.4 Å². The number of nitrogens with one attached hydrogen (secondary N) is 1.